The van der Waals surface area contributed by atoms with Gasteiger partial charge in [-0.2, -0.15) is 0 Å². The maximum Gasteiger partial charge on any atom is 0.0555 e. The van der Waals surface area contributed by atoms with Gasteiger partial charge < -0.3 is 11.1 Å². The molecule has 0 radical (unpaired) electrons. The van der Waals surface area contributed by atoms with Crippen molar-refractivity contribution in [2.75, 3.05) is 11.1 Å². The van der Waals surface area contributed by atoms with Gasteiger partial charge >= 0.3 is 0 Å². The molecule has 3 N–H and O–H groups in total. The van der Waals surface area contributed by atoms with E-state index in [-0.39, 0.29) is 0 Å². The van der Waals surface area contributed by atoms with E-state index in [0.717, 1.165) is 23.4 Å². The van der Waals surface area contributed by atoms with E-state index in [9.17, 15) is 0 Å². The Morgan fingerprint density at radius 2 is 1.58 bits per heavy atom. The van der Waals surface area contributed by atoms with Gasteiger partial charge in [0.25, 0.3) is 0 Å². The number of fused-ring (bicyclic) bond motifs is 1. The lowest BCUT2D eigenvalue weighted by atomic mass is 10.0. The molecule has 0 aliphatic carbocycles. The SMILES string of the molecule is Nc1cc2c(cc1/C=C/c1ccccc1)CC(c1ccccc1)N2. The van der Waals surface area contributed by atoms with Crippen LogP contribution in [0.25, 0.3) is 12.2 Å². The summed E-state index contributed by atoms with van der Waals surface area (Å²) < 4.78 is 0. The van der Waals surface area contributed by atoms with Crippen molar-refractivity contribution < 1.29 is 0 Å². The minimum Gasteiger partial charge on any atom is -0.398 e. The minimum atomic E-state index is 0.328. The first-order valence-corrected chi connectivity index (χ1v) is 8.26. The van der Waals surface area contributed by atoms with E-state index in [0.29, 0.717) is 6.04 Å². The Morgan fingerprint density at radius 3 is 2.33 bits per heavy atom. The van der Waals surface area contributed by atoms with E-state index in [1.165, 1.54) is 16.7 Å². The van der Waals surface area contributed by atoms with Gasteiger partial charge in [-0.15, -0.1) is 0 Å². The molecule has 0 aromatic heterocycles. The van der Waals surface area contributed by atoms with E-state index in [2.05, 4.69) is 72.1 Å². The van der Waals surface area contributed by atoms with Crippen LogP contribution in [0.4, 0.5) is 11.4 Å². The second-order valence-electron chi connectivity index (χ2n) is 6.19. The zero-order valence-electron chi connectivity index (χ0n) is 13.4. The third-order valence-corrected chi connectivity index (χ3v) is 4.52. The van der Waals surface area contributed by atoms with Crippen LogP contribution in [0.2, 0.25) is 0 Å². The molecule has 0 amide bonds. The number of hydrogen-bond donors (Lipinski definition) is 2. The summed E-state index contributed by atoms with van der Waals surface area (Å²) in [6.07, 6.45) is 5.20. The first-order valence-electron chi connectivity index (χ1n) is 8.26. The molecule has 118 valence electrons. The van der Waals surface area contributed by atoms with Gasteiger partial charge in [-0.05, 0) is 40.8 Å². The van der Waals surface area contributed by atoms with Crippen LogP contribution in [-0.4, -0.2) is 0 Å². The van der Waals surface area contributed by atoms with E-state index < -0.39 is 0 Å². The van der Waals surface area contributed by atoms with E-state index >= 15 is 0 Å². The highest BCUT2D eigenvalue weighted by Gasteiger charge is 2.22. The van der Waals surface area contributed by atoms with Crippen molar-refractivity contribution in [3.8, 4) is 0 Å². The quantitative estimate of drug-likeness (QED) is 0.518. The Hall–Kier alpha value is -3.00. The van der Waals surface area contributed by atoms with Crippen LogP contribution in [0.15, 0.2) is 72.8 Å². The fourth-order valence-electron chi connectivity index (χ4n) is 3.22. The predicted octanol–water partition coefficient (Wildman–Crippen LogP) is 5.15. The first kappa shape index (κ1) is 14.6. The highest BCUT2D eigenvalue weighted by Crippen LogP contribution is 2.37. The average molecular weight is 312 g/mol. The zero-order chi connectivity index (χ0) is 16.4. The smallest absolute Gasteiger partial charge is 0.0555 e. The molecule has 0 spiro atoms. The predicted molar refractivity (Wildman–Crippen MR) is 103 cm³/mol. The summed E-state index contributed by atoms with van der Waals surface area (Å²) in [6, 6.07) is 25.4. The molecular formula is C22H20N2. The standard InChI is InChI=1S/C22H20N2/c23-20-15-22-19(14-21(24-22)17-9-5-2-6-10-17)13-18(20)12-11-16-7-3-1-4-8-16/h1-13,15,21,24H,14,23H2/b12-11+. The second kappa shape index (κ2) is 6.25. The summed E-state index contributed by atoms with van der Waals surface area (Å²) in [5.74, 6) is 0. The third kappa shape index (κ3) is 2.91. The monoisotopic (exact) mass is 312 g/mol. The van der Waals surface area contributed by atoms with Crippen molar-refractivity contribution in [2.24, 2.45) is 0 Å². The molecule has 0 saturated carbocycles. The van der Waals surface area contributed by atoms with Crippen molar-refractivity contribution in [1.82, 2.24) is 0 Å². The molecule has 1 aliphatic heterocycles. The summed E-state index contributed by atoms with van der Waals surface area (Å²) in [5, 5.41) is 3.59. The molecule has 24 heavy (non-hydrogen) atoms. The normalized spacial score (nSPS) is 16.1. The average Bonchev–Trinajstić information content (AvgIpc) is 3.04. The molecule has 1 heterocycles. The molecule has 1 unspecified atom stereocenters. The van der Waals surface area contributed by atoms with Crippen molar-refractivity contribution in [2.45, 2.75) is 12.5 Å². The lowest BCUT2D eigenvalue weighted by molar-refractivity contribution is 0.824. The second-order valence-corrected chi connectivity index (χ2v) is 6.19. The van der Waals surface area contributed by atoms with Gasteiger partial charge in [-0.3, -0.25) is 0 Å². The Bertz CT molecular complexity index is 867. The highest BCUT2D eigenvalue weighted by molar-refractivity contribution is 5.79. The van der Waals surface area contributed by atoms with Crippen LogP contribution in [0, 0.1) is 0 Å². The maximum absolute atomic E-state index is 6.25. The molecular weight excluding hydrogens is 292 g/mol. The van der Waals surface area contributed by atoms with Crippen molar-refractivity contribution in [1.29, 1.82) is 0 Å². The summed E-state index contributed by atoms with van der Waals surface area (Å²) >= 11 is 0. The number of rotatable bonds is 3. The van der Waals surface area contributed by atoms with Crippen molar-refractivity contribution >= 4 is 23.5 Å². The Balaban J connectivity index is 1.60. The van der Waals surface area contributed by atoms with Crippen molar-refractivity contribution in [3.05, 3.63) is 95.1 Å². The molecule has 1 aliphatic rings. The van der Waals surface area contributed by atoms with Crippen LogP contribution in [0.5, 0.6) is 0 Å². The number of nitrogens with one attached hydrogen (secondary N) is 1. The molecule has 3 aromatic carbocycles. The molecule has 1 atom stereocenters. The molecule has 3 aromatic rings. The van der Waals surface area contributed by atoms with E-state index in [4.69, 9.17) is 5.73 Å². The van der Waals surface area contributed by atoms with Crippen LogP contribution in [0.1, 0.15) is 28.3 Å². The van der Waals surface area contributed by atoms with Crippen LogP contribution in [-0.2, 0) is 6.42 Å². The molecule has 0 saturated heterocycles. The van der Waals surface area contributed by atoms with Gasteiger partial charge in [0.05, 0.1) is 6.04 Å². The lowest BCUT2D eigenvalue weighted by Gasteiger charge is -2.11. The van der Waals surface area contributed by atoms with Gasteiger partial charge in [0.15, 0.2) is 0 Å². The van der Waals surface area contributed by atoms with Gasteiger partial charge in [-0.25, -0.2) is 0 Å². The molecule has 0 fully saturated rings. The van der Waals surface area contributed by atoms with Gasteiger partial charge in [0.2, 0.25) is 0 Å². The fraction of sp³-hybridized carbons (Fsp3) is 0.0909. The lowest BCUT2D eigenvalue weighted by Crippen LogP contribution is -2.04. The number of nitrogen functional groups attached to an aromatic ring is 1. The number of nitrogens with two attached hydrogens (primary N) is 1. The minimum absolute atomic E-state index is 0.328. The zero-order valence-corrected chi connectivity index (χ0v) is 13.4. The number of anilines is 2. The van der Waals surface area contributed by atoms with Crippen LogP contribution >= 0.6 is 0 Å². The topological polar surface area (TPSA) is 38.0 Å². The Kier molecular flexibility index (Phi) is 3.80. The highest BCUT2D eigenvalue weighted by atomic mass is 15.0. The van der Waals surface area contributed by atoms with Crippen molar-refractivity contribution in [3.63, 3.8) is 0 Å². The summed E-state index contributed by atoms with van der Waals surface area (Å²) in [5.41, 5.74) is 13.1. The third-order valence-electron chi connectivity index (χ3n) is 4.52. The Morgan fingerprint density at radius 1 is 0.875 bits per heavy atom. The van der Waals surface area contributed by atoms with Crippen LogP contribution < -0.4 is 11.1 Å². The van der Waals surface area contributed by atoms with Crippen LogP contribution in [0.3, 0.4) is 0 Å². The van der Waals surface area contributed by atoms with E-state index in [1.54, 1.807) is 0 Å². The van der Waals surface area contributed by atoms with E-state index in [1.807, 2.05) is 18.2 Å². The van der Waals surface area contributed by atoms with Gasteiger partial charge in [-0.1, -0.05) is 72.8 Å². The van der Waals surface area contributed by atoms with Gasteiger partial charge in [0, 0.05) is 11.4 Å². The summed E-state index contributed by atoms with van der Waals surface area (Å²) in [6.45, 7) is 0. The Labute approximate surface area is 142 Å². The maximum atomic E-state index is 6.25. The molecule has 0 bridgehead atoms. The summed E-state index contributed by atoms with van der Waals surface area (Å²) in [7, 11) is 0. The largest absolute Gasteiger partial charge is 0.398 e. The number of benzene rings is 3. The van der Waals surface area contributed by atoms with Gasteiger partial charge in [0.1, 0.15) is 0 Å². The summed E-state index contributed by atoms with van der Waals surface area (Å²) in [4.78, 5) is 0. The molecule has 2 nitrogen and oxygen atoms in total. The number of hydrogen-bond acceptors (Lipinski definition) is 2. The fourth-order valence-corrected chi connectivity index (χ4v) is 3.22. The molecule has 4 rings (SSSR count). The molecule has 2 heteroatoms. The first-order chi connectivity index (χ1) is 11.8.